The normalized spacial score (nSPS) is 10.8. The van der Waals surface area contributed by atoms with Crippen molar-refractivity contribution in [1.82, 2.24) is 4.98 Å². The second kappa shape index (κ2) is 5.54. The molecule has 0 saturated heterocycles. The standard InChI is InChI=1S/C14H18N2O2/c1-5-6-7-15-12-9-10(13(17)18)8-11(16-12)14(2,3)4/h1,8-9H,6-7H2,2-4H3,(H,15,16)(H,17,18). The van der Waals surface area contributed by atoms with E-state index in [4.69, 9.17) is 11.5 Å². The molecule has 1 rings (SSSR count). The molecule has 1 heterocycles. The van der Waals surface area contributed by atoms with E-state index in [2.05, 4.69) is 16.2 Å². The zero-order chi connectivity index (χ0) is 13.8. The number of nitrogens with one attached hydrogen (secondary N) is 1. The number of hydrogen-bond donors (Lipinski definition) is 2. The van der Waals surface area contributed by atoms with Gasteiger partial charge in [-0.15, -0.1) is 12.3 Å². The average molecular weight is 246 g/mol. The molecule has 4 nitrogen and oxygen atoms in total. The lowest BCUT2D eigenvalue weighted by Gasteiger charge is -2.19. The monoisotopic (exact) mass is 246 g/mol. The van der Waals surface area contributed by atoms with E-state index in [1.807, 2.05) is 20.8 Å². The Morgan fingerprint density at radius 2 is 2.17 bits per heavy atom. The number of pyridine rings is 1. The van der Waals surface area contributed by atoms with Gasteiger partial charge in [0.2, 0.25) is 0 Å². The van der Waals surface area contributed by atoms with E-state index in [1.54, 1.807) is 6.07 Å². The number of terminal acetylenes is 1. The number of carbonyl (C=O) groups is 1. The molecule has 0 unspecified atom stereocenters. The quantitative estimate of drug-likeness (QED) is 0.633. The Kier molecular flexibility index (Phi) is 4.33. The van der Waals surface area contributed by atoms with Crippen molar-refractivity contribution in [1.29, 1.82) is 0 Å². The minimum atomic E-state index is -0.956. The molecule has 0 aliphatic heterocycles. The van der Waals surface area contributed by atoms with Gasteiger partial charge in [-0.05, 0) is 12.1 Å². The van der Waals surface area contributed by atoms with Crippen LogP contribution in [-0.4, -0.2) is 22.6 Å². The largest absolute Gasteiger partial charge is 0.478 e. The molecule has 0 aromatic carbocycles. The molecule has 0 aliphatic carbocycles. The van der Waals surface area contributed by atoms with Crippen LogP contribution in [-0.2, 0) is 5.41 Å². The molecule has 0 amide bonds. The van der Waals surface area contributed by atoms with Gasteiger partial charge in [0.1, 0.15) is 5.82 Å². The van der Waals surface area contributed by atoms with Crippen LogP contribution in [0.25, 0.3) is 0 Å². The molecule has 0 bridgehead atoms. The number of rotatable bonds is 4. The summed E-state index contributed by atoms with van der Waals surface area (Å²) in [6.07, 6.45) is 5.74. The number of anilines is 1. The molecule has 18 heavy (non-hydrogen) atoms. The highest BCUT2D eigenvalue weighted by Crippen LogP contribution is 2.23. The Balaban J connectivity index is 3.07. The van der Waals surface area contributed by atoms with E-state index in [0.717, 1.165) is 5.69 Å². The minimum Gasteiger partial charge on any atom is -0.478 e. The highest BCUT2D eigenvalue weighted by atomic mass is 16.4. The van der Waals surface area contributed by atoms with Crippen LogP contribution in [0, 0.1) is 12.3 Å². The first-order valence-electron chi connectivity index (χ1n) is 5.78. The summed E-state index contributed by atoms with van der Waals surface area (Å²) < 4.78 is 0. The van der Waals surface area contributed by atoms with Crippen LogP contribution in [0.4, 0.5) is 5.82 Å². The summed E-state index contributed by atoms with van der Waals surface area (Å²) in [7, 11) is 0. The third-order valence-electron chi connectivity index (χ3n) is 2.42. The second-order valence-corrected chi connectivity index (χ2v) is 5.06. The van der Waals surface area contributed by atoms with Gasteiger partial charge in [-0.2, -0.15) is 0 Å². The van der Waals surface area contributed by atoms with Gasteiger partial charge < -0.3 is 10.4 Å². The third-order valence-corrected chi connectivity index (χ3v) is 2.42. The zero-order valence-electron chi connectivity index (χ0n) is 10.9. The van der Waals surface area contributed by atoms with Crippen molar-refractivity contribution in [3.8, 4) is 12.3 Å². The molecule has 0 radical (unpaired) electrons. The second-order valence-electron chi connectivity index (χ2n) is 5.06. The topological polar surface area (TPSA) is 62.2 Å². The number of aromatic carboxylic acids is 1. The summed E-state index contributed by atoms with van der Waals surface area (Å²) in [5.74, 6) is 2.11. The summed E-state index contributed by atoms with van der Waals surface area (Å²) in [4.78, 5) is 15.5. The van der Waals surface area contributed by atoms with Crippen LogP contribution in [0.5, 0.6) is 0 Å². The van der Waals surface area contributed by atoms with Crippen LogP contribution in [0.15, 0.2) is 12.1 Å². The maximum Gasteiger partial charge on any atom is 0.335 e. The SMILES string of the molecule is C#CCCNc1cc(C(=O)O)cc(C(C)(C)C)n1. The Morgan fingerprint density at radius 3 is 2.67 bits per heavy atom. The molecule has 0 spiro atoms. The molecule has 0 atom stereocenters. The summed E-state index contributed by atoms with van der Waals surface area (Å²) in [6, 6.07) is 3.13. The molecule has 96 valence electrons. The first kappa shape index (κ1) is 14.0. The summed E-state index contributed by atoms with van der Waals surface area (Å²) in [6.45, 7) is 6.56. The van der Waals surface area contributed by atoms with E-state index < -0.39 is 5.97 Å². The van der Waals surface area contributed by atoms with E-state index in [1.165, 1.54) is 6.07 Å². The molecular weight excluding hydrogens is 228 g/mol. The van der Waals surface area contributed by atoms with Gasteiger partial charge in [-0.3, -0.25) is 0 Å². The molecule has 2 N–H and O–H groups in total. The highest BCUT2D eigenvalue weighted by molar-refractivity contribution is 5.88. The number of carboxylic acid groups (broad SMARTS) is 1. The fraction of sp³-hybridized carbons (Fsp3) is 0.429. The van der Waals surface area contributed by atoms with Gasteiger partial charge in [-0.1, -0.05) is 20.8 Å². The highest BCUT2D eigenvalue weighted by Gasteiger charge is 2.18. The molecular formula is C14H18N2O2. The van der Waals surface area contributed by atoms with Crippen molar-refractivity contribution in [3.63, 3.8) is 0 Å². The minimum absolute atomic E-state index is 0.200. The number of aromatic nitrogens is 1. The first-order valence-corrected chi connectivity index (χ1v) is 5.78. The van der Waals surface area contributed by atoms with Gasteiger partial charge in [0.15, 0.2) is 0 Å². The molecule has 0 fully saturated rings. The van der Waals surface area contributed by atoms with Crippen LogP contribution in [0.2, 0.25) is 0 Å². The van der Waals surface area contributed by atoms with Crippen molar-refractivity contribution in [2.75, 3.05) is 11.9 Å². The smallest absolute Gasteiger partial charge is 0.335 e. The third kappa shape index (κ3) is 3.77. The number of hydrogen-bond acceptors (Lipinski definition) is 3. The molecule has 0 aliphatic rings. The Labute approximate surface area is 107 Å². The van der Waals surface area contributed by atoms with Crippen LogP contribution < -0.4 is 5.32 Å². The fourth-order valence-corrected chi connectivity index (χ4v) is 1.39. The van der Waals surface area contributed by atoms with Crippen molar-refractivity contribution < 1.29 is 9.90 Å². The molecule has 1 aromatic rings. The van der Waals surface area contributed by atoms with E-state index in [9.17, 15) is 4.79 Å². The van der Waals surface area contributed by atoms with Crippen molar-refractivity contribution >= 4 is 11.8 Å². The van der Waals surface area contributed by atoms with E-state index in [-0.39, 0.29) is 11.0 Å². The fourth-order valence-electron chi connectivity index (χ4n) is 1.39. The van der Waals surface area contributed by atoms with E-state index >= 15 is 0 Å². The van der Waals surface area contributed by atoms with Crippen molar-refractivity contribution in [3.05, 3.63) is 23.4 Å². The molecule has 1 aromatic heterocycles. The summed E-state index contributed by atoms with van der Waals surface area (Å²) in [5, 5.41) is 12.1. The van der Waals surface area contributed by atoms with Crippen molar-refractivity contribution in [2.45, 2.75) is 32.6 Å². The van der Waals surface area contributed by atoms with Crippen LogP contribution in [0.1, 0.15) is 43.2 Å². The first-order chi connectivity index (χ1) is 8.34. The van der Waals surface area contributed by atoms with Gasteiger partial charge in [0, 0.05) is 24.1 Å². The predicted molar refractivity (Wildman–Crippen MR) is 71.8 cm³/mol. The maximum absolute atomic E-state index is 11.1. The van der Waals surface area contributed by atoms with Gasteiger partial charge >= 0.3 is 5.97 Å². The zero-order valence-corrected chi connectivity index (χ0v) is 10.9. The number of carboxylic acids is 1. The Bertz CT molecular complexity index is 482. The Morgan fingerprint density at radius 1 is 1.50 bits per heavy atom. The lowest BCUT2D eigenvalue weighted by Crippen LogP contribution is -2.16. The van der Waals surface area contributed by atoms with E-state index in [0.29, 0.717) is 18.8 Å². The lowest BCUT2D eigenvalue weighted by molar-refractivity contribution is 0.0696. The summed E-state index contributed by atoms with van der Waals surface area (Å²) in [5.41, 5.74) is 0.775. The maximum atomic E-state index is 11.1. The lowest BCUT2D eigenvalue weighted by atomic mass is 9.91. The molecule has 0 saturated carbocycles. The Hall–Kier alpha value is -2.02. The van der Waals surface area contributed by atoms with Crippen molar-refractivity contribution in [2.24, 2.45) is 0 Å². The number of nitrogens with zero attached hydrogens (tertiary/aromatic N) is 1. The average Bonchev–Trinajstić information content (AvgIpc) is 2.28. The predicted octanol–water partition coefficient (Wildman–Crippen LogP) is 2.51. The van der Waals surface area contributed by atoms with Gasteiger partial charge in [0.25, 0.3) is 0 Å². The molecule has 4 heteroatoms. The summed E-state index contributed by atoms with van der Waals surface area (Å²) >= 11 is 0. The van der Waals surface area contributed by atoms with Gasteiger partial charge in [0.05, 0.1) is 5.56 Å². The van der Waals surface area contributed by atoms with Crippen LogP contribution >= 0.6 is 0 Å². The van der Waals surface area contributed by atoms with Gasteiger partial charge in [-0.25, -0.2) is 9.78 Å². The van der Waals surface area contributed by atoms with Crippen LogP contribution in [0.3, 0.4) is 0 Å².